The zero-order chi connectivity index (χ0) is 14.8. The maximum atomic E-state index is 12.3. The van der Waals surface area contributed by atoms with Crippen LogP contribution >= 0.6 is 0 Å². The van der Waals surface area contributed by atoms with E-state index in [-0.39, 0.29) is 19.1 Å². The maximum absolute atomic E-state index is 12.3. The Morgan fingerprint density at radius 1 is 1.40 bits per heavy atom. The molecule has 2 rings (SSSR count). The molecular weight excluding hydrogens is 258 g/mol. The molecule has 1 aliphatic rings. The van der Waals surface area contributed by atoms with Crippen LogP contribution in [0.5, 0.6) is 0 Å². The van der Waals surface area contributed by atoms with Crippen LogP contribution in [0.4, 0.5) is 0 Å². The zero-order valence-corrected chi connectivity index (χ0v) is 12.2. The number of hydrogen-bond donors (Lipinski definition) is 2. The average Bonchev–Trinajstić information content (AvgIpc) is 2.66. The number of aromatic nitrogens is 2. The smallest absolute Gasteiger partial charge is 0.242 e. The summed E-state index contributed by atoms with van der Waals surface area (Å²) >= 11 is 0. The summed E-state index contributed by atoms with van der Waals surface area (Å²) in [5.41, 5.74) is 0.902. The molecule has 1 atom stereocenters. The van der Waals surface area contributed by atoms with Crippen molar-refractivity contribution in [2.45, 2.75) is 45.3 Å². The summed E-state index contributed by atoms with van der Waals surface area (Å²) in [6, 6.07) is 0. The third-order valence-corrected chi connectivity index (χ3v) is 4.22. The molecule has 1 aromatic rings. The highest BCUT2D eigenvalue weighted by atomic mass is 16.3. The number of nitrogens with zero attached hydrogens (tertiary/aromatic N) is 3. The van der Waals surface area contributed by atoms with E-state index in [1.54, 1.807) is 11.2 Å². The van der Waals surface area contributed by atoms with Crippen molar-refractivity contribution in [1.29, 1.82) is 0 Å². The van der Waals surface area contributed by atoms with E-state index < -0.39 is 5.60 Å². The normalized spacial score (nSPS) is 23.7. The number of hydrogen-bond acceptors (Lipinski definition) is 4. The number of likely N-dealkylation sites (tertiary alicyclic amines) is 1. The third-order valence-electron chi connectivity index (χ3n) is 4.22. The molecule has 1 fully saturated rings. The van der Waals surface area contributed by atoms with Gasteiger partial charge in [-0.15, -0.1) is 0 Å². The number of aliphatic hydroxyl groups excluding tert-OH is 1. The first-order valence-electron chi connectivity index (χ1n) is 7.04. The molecule has 6 heteroatoms. The Morgan fingerprint density at radius 2 is 2.15 bits per heavy atom. The van der Waals surface area contributed by atoms with E-state index >= 15 is 0 Å². The van der Waals surface area contributed by atoms with Crippen molar-refractivity contribution < 1.29 is 15.0 Å². The fourth-order valence-corrected chi connectivity index (χ4v) is 2.54. The number of carbonyl (C=O) groups is 1. The molecule has 20 heavy (non-hydrogen) atoms. The predicted molar refractivity (Wildman–Crippen MR) is 74.2 cm³/mol. The van der Waals surface area contributed by atoms with Gasteiger partial charge in [0.05, 0.1) is 24.2 Å². The first kappa shape index (κ1) is 15.0. The first-order chi connectivity index (χ1) is 9.45. The maximum Gasteiger partial charge on any atom is 0.242 e. The van der Waals surface area contributed by atoms with Gasteiger partial charge in [-0.1, -0.05) is 0 Å². The average molecular weight is 281 g/mol. The van der Waals surface area contributed by atoms with Crippen molar-refractivity contribution in [2.75, 3.05) is 19.7 Å². The van der Waals surface area contributed by atoms with Crippen molar-refractivity contribution in [3.8, 4) is 0 Å². The van der Waals surface area contributed by atoms with Gasteiger partial charge in [-0.2, -0.15) is 0 Å². The quantitative estimate of drug-likeness (QED) is 0.831. The van der Waals surface area contributed by atoms with Crippen LogP contribution in [0.15, 0.2) is 6.33 Å². The van der Waals surface area contributed by atoms with Crippen LogP contribution in [0.2, 0.25) is 0 Å². The molecule has 0 radical (unpaired) electrons. The SMILES string of the molecule is Cc1ncn(CC(=O)N2CCC[C@@](O)(CO)CC2)c1C. The highest BCUT2D eigenvalue weighted by Gasteiger charge is 2.30. The molecule has 6 nitrogen and oxygen atoms in total. The lowest BCUT2D eigenvalue weighted by Gasteiger charge is -2.24. The Kier molecular flexibility index (Phi) is 4.45. The molecule has 0 unspecified atom stereocenters. The molecule has 2 N–H and O–H groups in total. The van der Waals surface area contributed by atoms with Crippen LogP contribution in [-0.4, -0.2) is 55.9 Å². The largest absolute Gasteiger partial charge is 0.393 e. The summed E-state index contributed by atoms with van der Waals surface area (Å²) in [6.07, 6.45) is 3.36. The minimum absolute atomic E-state index is 0.0349. The Bertz CT molecular complexity index is 486. The first-order valence-corrected chi connectivity index (χ1v) is 7.04. The minimum atomic E-state index is -1.03. The second-order valence-electron chi connectivity index (χ2n) is 5.66. The monoisotopic (exact) mass is 281 g/mol. The van der Waals surface area contributed by atoms with E-state index in [0.29, 0.717) is 32.4 Å². The van der Waals surface area contributed by atoms with Gasteiger partial charge in [-0.25, -0.2) is 4.98 Å². The van der Waals surface area contributed by atoms with Gasteiger partial charge in [0.25, 0.3) is 0 Å². The topological polar surface area (TPSA) is 78.6 Å². The summed E-state index contributed by atoms with van der Waals surface area (Å²) < 4.78 is 1.85. The summed E-state index contributed by atoms with van der Waals surface area (Å²) in [4.78, 5) is 18.3. The number of aryl methyl sites for hydroxylation is 1. The minimum Gasteiger partial charge on any atom is -0.393 e. The second-order valence-corrected chi connectivity index (χ2v) is 5.66. The highest BCUT2D eigenvalue weighted by Crippen LogP contribution is 2.22. The molecule has 1 aromatic heterocycles. The molecule has 2 heterocycles. The van der Waals surface area contributed by atoms with Crippen LogP contribution < -0.4 is 0 Å². The molecule has 0 aliphatic carbocycles. The fourth-order valence-electron chi connectivity index (χ4n) is 2.54. The van der Waals surface area contributed by atoms with Gasteiger partial charge in [0, 0.05) is 18.8 Å². The Morgan fingerprint density at radius 3 is 2.75 bits per heavy atom. The Balaban J connectivity index is 1.98. The molecule has 0 spiro atoms. The fraction of sp³-hybridized carbons (Fsp3) is 0.714. The van der Waals surface area contributed by atoms with E-state index in [2.05, 4.69) is 4.98 Å². The molecule has 0 aromatic carbocycles. The van der Waals surface area contributed by atoms with E-state index in [0.717, 1.165) is 11.4 Å². The molecule has 112 valence electrons. The zero-order valence-electron chi connectivity index (χ0n) is 12.2. The highest BCUT2D eigenvalue weighted by molar-refractivity contribution is 5.76. The van der Waals surface area contributed by atoms with E-state index in [4.69, 9.17) is 0 Å². The van der Waals surface area contributed by atoms with Gasteiger partial charge in [-0.05, 0) is 33.1 Å². The number of carbonyl (C=O) groups excluding carboxylic acids is 1. The molecular formula is C14H23N3O3. The lowest BCUT2D eigenvalue weighted by molar-refractivity contribution is -0.132. The predicted octanol–water partition coefficient (Wildman–Crippen LogP) is 0.236. The summed E-state index contributed by atoms with van der Waals surface area (Å²) in [5.74, 6) is 0.0349. The van der Waals surface area contributed by atoms with Crippen molar-refractivity contribution in [3.05, 3.63) is 17.7 Å². The van der Waals surface area contributed by atoms with Crippen LogP contribution in [0.25, 0.3) is 0 Å². The van der Waals surface area contributed by atoms with Crippen LogP contribution in [0.1, 0.15) is 30.7 Å². The molecule has 1 amide bonds. The van der Waals surface area contributed by atoms with Gasteiger partial charge < -0.3 is 19.7 Å². The molecule has 1 aliphatic heterocycles. The van der Waals surface area contributed by atoms with E-state index in [1.807, 2.05) is 18.4 Å². The lowest BCUT2D eigenvalue weighted by atomic mass is 9.96. The van der Waals surface area contributed by atoms with Crippen LogP contribution in [0.3, 0.4) is 0 Å². The lowest BCUT2D eigenvalue weighted by Crippen LogP contribution is -2.37. The van der Waals surface area contributed by atoms with Crippen LogP contribution in [-0.2, 0) is 11.3 Å². The van der Waals surface area contributed by atoms with Gasteiger partial charge in [0.15, 0.2) is 0 Å². The van der Waals surface area contributed by atoms with Crippen molar-refractivity contribution in [2.24, 2.45) is 0 Å². The Hall–Kier alpha value is -1.40. The third kappa shape index (κ3) is 3.19. The molecule has 0 saturated carbocycles. The number of imidazole rings is 1. The number of aliphatic hydroxyl groups is 2. The van der Waals surface area contributed by atoms with Gasteiger partial charge in [0.2, 0.25) is 5.91 Å². The van der Waals surface area contributed by atoms with E-state index in [9.17, 15) is 15.0 Å². The number of rotatable bonds is 3. The molecule has 0 bridgehead atoms. The standard InChI is InChI=1S/C14H23N3O3/c1-11-12(2)17(10-15-11)8-13(19)16-6-3-4-14(20,9-18)5-7-16/h10,18,20H,3-9H2,1-2H3/t14-/m0/s1. The van der Waals surface area contributed by atoms with Gasteiger partial charge >= 0.3 is 0 Å². The van der Waals surface area contributed by atoms with Crippen molar-refractivity contribution in [3.63, 3.8) is 0 Å². The molecule has 1 saturated heterocycles. The van der Waals surface area contributed by atoms with Crippen molar-refractivity contribution in [1.82, 2.24) is 14.5 Å². The van der Waals surface area contributed by atoms with Crippen molar-refractivity contribution >= 4 is 5.91 Å². The van der Waals surface area contributed by atoms with E-state index in [1.165, 1.54) is 0 Å². The van der Waals surface area contributed by atoms with Crippen LogP contribution in [0, 0.1) is 13.8 Å². The van der Waals surface area contributed by atoms with Gasteiger partial charge in [-0.3, -0.25) is 4.79 Å². The summed E-state index contributed by atoms with van der Waals surface area (Å²) in [5, 5.41) is 19.3. The summed E-state index contributed by atoms with van der Waals surface area (Å²) in [6.45, 7) is 5.03. The Labute approximate surface area is 119 Å². The number of amides is 1. The second kappa shape index (κ2) is 5.93. The summed E-state index contributed by atoms with van der Waals surface area (Å²) in [7, 11) is 0. The van der Waals surface area contributed by atoms with Gasteiger partial charge in [0.1, 0.15) is 6.54 Å².